The van der Waals surface area contributed by atoms with Crippen LogP contribution in [0, 0.1) is 6.92 Å². The van der Waals surface area contributed by atoms with Gasteiger partial charge in [0.25, 0.3) is 0 Å². The molecule has 0 bridgehead atoms. The van der Waals surface area contributed by atoms with E-state index in [1.54, 1.807) is 19.1 Å². The molecular formula is C14H20O3. The molecule has 1 aromatic carbocycles. The molecule has 3 heteroatoms. The van der Waals surface area contributed by atoms with Crippen molar-refractivity contribution < 1.29 is 14.6 Å². The number of benzene rings is 1. The Labute approximate surface area is 102 Å². The first kappa shape index (κ1) is 13.6. The van der Waals surface area contributed by atoms with Crippen LogP contribution in [-0.4, -0.2) is 16.7 Å². The fourth-order valence-electron chi connectivity index (χ4n) is 1.58. The molecule has 94 valence electrons. The summed E-state index contributed by atoms with van der Waals surface area (Å²) in [5.74, 6) is -0.0879. The minimum atomic E-state index is -0.505. The number of hydrogen-bond donors (Lipinski definition) is 1. The van der Waals surface area contributed by atoms with Crippen LogP contribution < -0.4 is 0 Å². The van der Waals surface area contributed by atoms with Gasteiger partial charge in [-0.15, -0.1) is 0 Å². The topological polar surface area (TPSA) is 46.5 Å². The van der Waals surface area contributed by atoms with Crippen LogP contribution in [0.3, 0.4) is 0 Å². The number of esters is 1. The molecule has 0 aliphatic heterocycles. The molecule has 0 aliphatic carbocycles. The maximum Gasteiger partial charge on any atom is 0.338 e. The van der Waals surface area contributed by atoms with Crippen molar-refractivity contribution in [1.82, 2.24) is 0 Å². The van der Waals surface area contributed by atoms with Crippen LogP contribution in [0.25, 0.3) is 0 Å². The second-order valence-electron chi connectivity index (χ2n) is 5.16. The molecule has 0 saturated heterocycles. The molecule has 3 nitrogen and oxygen atoms in total. The standard InChI is InChI=1S/C14H20O3/c1-6-10-8-11(7-9(2)12(10)15)13(16)17-14(3,4)5/h7-8,15H,6H2,1-5H3. The number of rotatable bonds is 2. The first-order valence-corrected chi connectivity index (χ1v) is 5.80. The van der Waals surface area contributed by atoms with E-state index in [-0.39, 0.29) is 11.7 Å². The molecule has 1 aromatic rings. The number of phenolic OH excluding ortho intramolecular Hbond substituents is 1. The van der Waals surface area contributed by atoms with E-state index in [1.165, 1.54) is 0 Å². The average molecular weight is 236 g/mol. The molecule has 0 aromatic heterocycles. The van der Waals surface area contributed by atoms with Crippen molar-refractivity contribution in [3.05, 3.63) is 28.8 Å². The fraction of sp³-hybridized carbons (Fsp3) is 0.500. The van der Waals surface area contributed by atoms with Gasteiger partial charge in [0.2, 0.25) is 0 Å². The molecule has 0 fully saturated rings. The van der Waals surface area contributed by atoms with E-state index in [4.69, 9.17) is 4.74 Å². The molecular weight excluding hydrogens is 216 g/mol. The van der Waals surface area contributed by atoms with Crippen molar-refractivity contribution in [2.24, 2.45) is 0 Å². The summed E-state index contributed by atoms with van der Waals surface area (Å²) in [7, 11) is 0. The Hall–Kier alpha value is -1.51. The van der Waals surface area contributed by atoms with E-state index in [2.05, 4.69) is 0 Å². The summed E-state index contributed by atoms with van der Waals surface area (Å²) < 4.78 is 5.30. The van der Waals surface area contributed by atoms with Gasteiger partial charge >= 0.3 is 5.97 Å². The van der Waals surface area contributed by atoms with E-state index in [1.807, 2.05) is 27.7 Å². The van der Waals surface area contributed by atoms with Crippen molar-refractivity contribution in [2.45, 2.75) is 46.6 Å². The molecule has 0 aliphatic rings. The van der Waals surface area contributed by atoms with E-state index < -0.39 is 5.60 Å². The number of aryl methyl sites for hydroxylation is 2. The maximum absolute atomic E-state index is 11.9. The summed E-state index contributed by atoms with van der Waals surface area (Å²) in [4.78, 5) is 11.9. The Kier molecular flexibility index (Phi) is 3.81. The monoisotopic (exact) mass is 236 g/mol. The van der Waals surface area contributed by atoms with E-state index in [0.29, 0.717) is 17.5 Å². The Morgan fingerprint density at radius 3 is 2.41 bits per heavy atom. The first-order chi connectivity index (χ1) is 7.74. The Balaban J connectivity index is 3.07. The lowest BCUT2D eigenvalue weighted by Crippen LogP contribution is -2.24. The van der Waals surface area contributed by atoms with Crippen molar-refractivity contribution in [3.63, 3.8) is 0 Å². The van der Waals surface area contributed by atoms with Crippen LogP contribution in [0.2, 0.25) is 0 Å². The van der Waals surface area contributed by atoms with Crippen molar-refractivity contribution in [2.75, 3.05) is 0 Å². The molecule has 1 rings (SSSR count). The van der Waals surface area contributed by atoms with Crippen LogP contribution in [0.5, 0.6) is 5.75 Å². The third-order valence-corrected chi connectivity index (χ3v) is 2.39. The lowest BCUT2D eigenvalue weighted by atomic mass is 10.0. The van der Waals surface area contributed by atoms with Gasteiger partial charge in [0.05, 0.1) is 5.56 Å². The van der Waals surface area contributed by atoms with Gasteiger partial charge < -0.3 is 9.84 Å². The van der Waals surface area contributed by atoms with Crippen LogP contribution >= 0.6 is 0 Å². The Morgan fingerprint density at radius 1 is 1.35 bits per heavy atom. The van der Waals surface area contributed by atoms with E-state index >= 15 is 0 Å². The predicted octanol–water partition coefficient (Wildman–Crippen LogP) is 3.22. The predicted molar refractivity (Wildman–Crippen MR) is 67.4 cm³/mol. The van der Waals surface area contributed by atoms with Crippen LogP contribution in [0.15, 0.2) is 12.1 Å². The molecule has 0 spiro atoms. The summed E-state index contributed by atoms with van der Waals surface area (Å²) in [5.41, 5.74) is 1.46. The number of phenols is 1. The fourth-order valence-corrected chi connectivity index (χ4v) is 1.58. The maximum atomic E-state index is 11.9. The van der Waals surface area contributed by atoms with Gasteiger partial charge in [0.15, 0.2) is 0 Å². The minimum Gasteiger partial charge on any atom is -0.507 e. The number of carbonyl (C=O) groups excluding carboxylic acids is 1. The minimum absolute atomic E-state index is 0.264. The number of ether oxygens (including phenoxy) is 1. The lowest BCUT2D eigenvalue weighted by Gasteiger charge is -2.20. The SMILES string of the molecule is CCc1cc(C(=O)OC(C)(C)C)cc(C)c1O. The highest BCUT2D eigenvalue weighted by molar-refractivity contribution is 5.90. The smallest absolute Gasteiger partial charge is 0.338 e. The van der Waals surface area contributed by atoms with E-state index in [0.717, 1.165) is 5.56 Å². The van der Waals surface area contributed by atoms with Crippen LogP contribution in [-0.2, 0) is 11.2 Å². The zero-order valence-electron chi connectivity index (χ0n) is 11.1. The van der Waals surface area contributed by atoms with Crippen LogP contribution in [0.4, 0.5) is 0 Å². The molecule has 17 heavy (non-hydrogen) atoms. The average Bonchev–Trinajstić information content (AvgIpc) is 2.19. The quantitative estimate of drug-likeness (QED) is 0.802. The van der Waals surface area contributed by atoms with Gasteiger partial charge in [-0.05, 0) is 57.4 Å². The number of carbonyl (C=O) groups is 1. The summed E-state index contributed by atoms with van der Waals surface area (Å²) >= 11 is 0. The Bertz CT molecular complexity index is 428. The second kappa shape index (κ2) is 4.78. The highest BCUT2D eigenvalue weighted by atomic mass is 16.6. The van der Waals surface area contributed by atoms with Crippen molar-refractivity contribution in [3.8, 4) is 5.75 Å². The third kappa shape index (κ3) is 3.48. The molecule has 0 saturated carbocycles. The number of hydrogen-bond acceptors (Lipinski definition) is 3. The lowest BCUT2D eigenvalue weighted by molar-refractivity contribution is 0.00693. The molecule has 0 radical (unpaired) electrons. The zero-order chi connectivity index (χ0) is 13.2. The summed E-state index contributed by atoms with van der Waals surface area (Å²) in [5, 5.41) is 9.78. The highest BCUT2D eigenvalue weighted by Gasteiger charge is 2.19. The highest BCUT2D eigenvalue weighted by Crippen LogP contribution is 2.25. The second-order valence-corrected chi connectivity index (χ2v) is 5.16. The molecule has 0 atom stereocenters. The third-order valence-electron chi connectivity index (χ3n) is 2.39. The molecule has 0 amide bonds. The van der Waals surface area contributed by atoms with E-state index in [9.17, 15) is 9.90 Å². The Morgan fingerprint density at radius 2 is 1.94 bits per heavy atom. The summed E-state index contributed by atoms with van der Waals surface area (Å²) in [6.45, 7) is 9.21. The van der Waals surface area contributed by atoms with Gasteiger partial charge in [0, 0.05) is 0 Å². The normalized spacial score (nSPS) is 11.4. The van der Waals surface area contributed by atoms with Gasteiger partial charge in [-0.3, -0.25) is 0 Å². The molecule has 0 unspecified atom stereocenters. The zero-order valence-corrected chi connectivity index (χ0v) is 11.1. The van der Waals surface area contributed by atoms with Gasteiger partial charge in [0.1, 0.15) is 11.4 Å². The summed E-state index contributed by atoms with van der Waals surface area (Å²) in [6.07, 6.45) is 0.684. The first-order valence-electron chi connectivity index (χ1n) is 5.80. The van der Waals surface area contributed by atoms with Gasteiger partial charge in [-0.25, -0.2) is 4.79 Å². The van der Waals surface area contributed by atoms with Gasteiger partial charge in [-0.2, -0.15) is 0 Å². The number of aromatic hydroxyl groups is 1. The largest absolute Gasteiger partial charge is 0.507 e. The molecule has 1 N–H and O–H groups in total. The summed E-state index contributed by atoms with van der Waals surface area (Å²) in [6, 6.07) is 3.35. The van der Waals surface area contributed by atoms with Crippen LogP contribution in [0.1, 0.15) is 49.2 Å². The van der Waals surface area contributed by atoms with Gasteiger partial charge in [-0.1, -0.05) is 6.92 Å². The molecule has 0 heterocycles. The van der Waals surface area contributed by atoms with Crippen molar-refractivity contribution >= 4 is 5.97 Å². The van der Waals surface area contributed by atoms with Crippen molar-refractivity contribution in [1.29, 1.82) is 0 Å².